The van der Waals surface area contributed by atoms with E-state index in [4.69, 9.17) is 0 Å². The van der Waals surface area contributed by atoms with Gasteiger partial charge in [0.2, 0.25) is 0 Å². The van der Waals surface area contributed by atoms with Gasteiger partial charge in [-0.25, -0.2) is 35.1 Å². The Labute approximate surface area is 117 Å². The summed E-state index contributed by atoms with van der Waals surface area (Å²) in [6.45, 7) is 0. The zero-order valence-electron chi connectivity index (χ0n) is 7.76. The van der Waals surface area contributed by atoms with Crippen molar-refractivity contribution in [1.29, 1.82) is 0 Å². The summed E-state index contributed by atoms with van der Waals surface area (Å²) in [6.07, 6.45) is 0. The van der Waals surface area contributed by atoms with Gasteiger partial charge in [0.15, 0.2) is 0 Å². The first-order chi connectivity index (χ1) is 6.63. The van der Waals surface area contributed by atoms with Gasteiger partial charge in [0.25, 0.3) is 0 Å². The third-order valence-electron chi connectivity index (χ3n) is 1.61. The van der Waals surface area contributed by atoms with E-state index in [0.29, 0.717) is 0 Å². The molecule has 0 atom stereocenters. The van der Waals surface area contributed by atoms with E-state index < -0.39 is 0 Å². The second kappa shape index (κ2) is 7.49. The summed E-state index contributed by atoms with van der Waals surface area (Å²) >= 11 is 4.18. The summed E-state index contributed by atoms with van der Waals surface area (Å²) < 4.78 is 0. The fourth-order valence-corrected chi connectivity index (χ4v) is 2.14. The molecule has 0 saturated heterocycles. The monoisotopic (exact) mass is 299 g/mol. The van der Waals surface area contributed by atoms with E-state index in [1.165, 1.54) is 0 Å². The molecule has 9 radical (unpaired) electrons. The molecule has 0 N–H and O–H groups in total. The largest absolute Gasteiger partial charge is 2.00 e. The summed E-state index contributed by atoms with van der Waals surface area (Å²) in [6, 6.07) is 11.9. The maximum Gasteiger partial charge on any atom is 2.00 e. The van der Waals surface area contributed by atoms with Crippen LogP contribution in [-0.4, -0.2) is 30.7 Å². The van der Waals surface area contributed by atoms with Crippen molar-refractivity contribution in [2.45, 2.75) is 4.90 Å². The minimum atomic E-state index is 0. The second-order valence-electron chi connectivity index (χ2n) is 2.66. The Morgan fingerprint density at radius 2 is 1.67 bits per heavy atom. The Morgan fingerprint density at radius 3 is 1.80 bits per heavy atom. The average Bonchev–Trinajstić information content (AvgIpc) is 2.78. The van der Waals surface area contributed by atoms with Gasteiger partial charge in [0.1, 0.15) is 0 Å². The van der Waals surface area contributed by atoms with Gasteiger partial charge in [-0.3, -0.25) is 0 Å². The molecule has 0 aliphatic heterocycles. The standard InChI is InChI=1S/C5H2SSi3.C5H5.Fe/c6-2-1-3(7)5(9)4(2)8;1-2-4-5-3-1;/h1,6H;1-5H;/q2*-1;+2. The van der Waals surface area contributed by atoms with Gasteiger partial charge in [-0.05, 0) is 20.5 Å². The van der Waals surface area contributed by atoms with Crippen LogP contribution in [0.2, 0.25) is 0 Å². The van der Waals surface area contributed by atoms with Crippen molar-refractivity contribution >= 4 is 58.9 Å². The zero-order valence-corrected chi connectivity index (χ0v) is 12.8. The smallest absolute Gasteiger partial charge is 0.214 e. The average molecular weight is 299 g/mol. The predicted molar refractivity (Wildman–Crippen MR) is 67.5 cm³/mol. The quantitative estimate of drug-likeness (QED) is 0.378. The summed E-state index contributed by atoms with van der Waals surface area (Å²) in [7, 11) is 10.2. The van der Waals surface area contributed by atoms with Gasteiger partial charge in [-0.2, -0.15) is 29.5 Å². The minimum absolute atomic E-state index is 0. The van der Waals surface area contributed by atoms with Crippen molar-refractivity contribution in [3.05, 3.63) is 36.4 Å². The molecular weight excluding hydrogens is 292 g/mol. The van der Waals surface area contributed by atoms with E-state index in [1.54, 1.807) is 0 Å². The van der Waals surface area contributed by atoms with Gasteiger partial charge in [0, 0.05) is 10.2 Å². The van der Waals surface area contributed by atoms with Crippen LogP contribution in [0.1, 0.15) is 0 Å². The Morgan fingerprint density at radius 1 is 1.13 bits per heavy atom. The van der Waals surface area contributed by atoms with Crippen LogP contribution in [0.25, 0.3) is 0 Å². The molecule has 2 rings (SSSR count). The van der Waals surface area contributed by atoms with Crippen LogP contribution in [0.4, 0.5) is 0 Å². The topological polar surface area (TPSA) is 0 Å². The summed E-state index contributed by atoms with van der Waals surface area (Å²) in [4.78, 5) is 0.932. The van der Waals surface area contributed by atoms with Gasteiger partial charge in [-0.15, -0.1) is 4.90 Å². The van der Waals surface area contributed by atoms with Crippen LogP contribution in [0.5, 0.6) is 0 Å². The number of hydrogen-bond donors (Lipinski definition) is 1. The van der Waals surface area contributed by atoms with Crippen LogP contribution >= 0.6 is 12.6 Å². The molecule has 15 heavy (non-hydrogen) atoms. The van der Waals surface area contributed by atoms with E-state index in [2.05, 4.69) is 43.4 Å². The van der Waals surface area contributed by atoms with Crippen molar-refractivity contribution in [3.63, 3.8) is 0 Å². The molecule has 0 bridgehead atoms. The summed E-state index contributed by atoms with van der Waals surface area (Å²) in [5.74, 6) is 0. The Kier molecular flexibility index (Phi) is 7.60. The van der Waals surface area contributed by atoms with E-state index in [9.17, 15) is 0 Å². The number of rotatable bonds is 0. The van der Waals surface area contributed by atoms with Crippen LogP contribution < -0.4 is 15.6 Å². The van der Waals surface area contributed by atoms with Crippen LogP contribution in [0.15, 0.2) is 41.3 Å². The summed E-state index contributed by atoms with van der Waals surface area (Å²) in [5.41, 5.74) is 0. The van der Waals surface area contributed by atoms with Gasteiger partial charge in [0.05, 0.1) is 0 Å². The third kappa shape index (κ3) is 4.72. The molecule has 0 nitrogen and oxygen atoms in total. The van der Waals surface area contributed by atoms with Gasteiger partial charge >= 0.3 is 17.1 Å². The molecule has 2 aromatic rings. The van der Waals surface area contributed by atoms with Crippen molar-refractivity contribution in [2.75, 3.05) is 0 Å². The molecule has 0 aliphatic carbocycles. The first kappa shape index (κ1) is 15.2. The zero-order chi connectivity index (χ0) is 10.6. The van der Waals surface area contributed by atoms with Crippen molar-refractivity contribution < 1.29 is 17.1 Å². The molecule has 0 aromatic heterocycles. The molecule has 0 amide bonds. The Balaban J connectivity index is 0.000000280. The normalized spacial score (nSPS) is 8.80. The molecule has 2 aromatic carbocycles. The van der Waals surface area contributed by atoms with E-state index in [1.807, 2.05) is 36.4 Å². The van der Waals surface area contributed by atoms with E-state index in [-0.39, 0.29) is 17.1 Å². The molecule has 0 spiro atoms. The molecule has 0 heterocycles. The Hall–Kier alpha value is 0.220. The SMILES string of the molecule is [Fe+2].[Si]c1c[c-](S)c([Si])c1[Si].c1cc[cH-]c1. The predicted octanol–water partition coefficient (Wildman–Crippen LogP) is -0.521. The van der Waals surface area contributed by atoms with E-state index >= 15 is 0 Å². The number of hydrogen-bond acceptors (Lipinski definition) is 1. The van der Waals surface area contributed by atoms with Crippen molar-refractivity contribution in [1.82, 2.24) is 0 Å². The third-order valence-corrected chi connectivity index (χ3v) is 4.11. The first-order valence-corrected chi connectivity index (χ1v) is 5.91. The van der Waals surface area contributed by atoms with Gasteiger partial charge in [-0.1, -0.05) is 0 Å². The maximum atomic E-state index is 4.18. The molecule has 0 aliphatic rings. The van der Waals surface area contributed by atoms with Crippen molar-refractivity contribution in [2.24, 2.45) is 0 Å². The molecule has 73 valence electrons. The van der Waals surface area contributed by atoms with Crippen molar-refractivity contribution in [3.8, 4) is 0 Å². The minimum Gasteiger partial charge on any atom is -0.214 e. The Bertz CT molecular complexity index is 342. The molecule has 5 heteroatoms. The fourth-order valence-electron chi connectivity index (χ4n) is 0.865. The van der Waals surface area contributed by atoms with Crippen LogP contribution in [0, 0.1) is 0 Å². The summed E-state index contributed by atoms with van der Waals surface area (Å²) in [5, 5.41) is 3.01. The van der Waals surface area contributed by atoms with Crippen LogP contribution in [0.3, 0.4) is 0 Å². The first-order valence-electron chi connectivity index (χ1n) is 3.97. The molecule has 0 unspecified atom stereocenters. The maximum absolute atomic E-state index is 4.18. The fraction of sp³-hybridized carbons (Fsp3) is 0. The van der Waals surface area contributed by atoms with E-state index in [0.717, 1.165) is 20.5 Å². The molecule has 0 saturated carbocycles. The van der Waals surface area contributed by atoms with Gasteiger partial charge < -0.3 is 0 Å². The molecular formula is C10H7FeSSi3. The second-order valence-corrected chi connectivity index (χ2v) is 4.68. The molecule has 0 fully saturated rings. The van der Waals surface area contributed by atoms with Crippen LogP contribution in [-0.2, 0) is 17.1 Å². The number of thiol groups is 1.